The Morgan fingerprint density at radius 2 is 1.76 bits per heavy atom. The summed E-state index contributed by atoms with van der Waals surface area (Å²) in [6, 6.07) is 7.18. The van der Waals surface area contributed by atoms with E-state index >= 15 is 8.78 Å². The summed E-state index contributed by atoms with van der Waals surface area (Å²) in [6.45, 7) is 0. The zero-order chi connectivity index (χ0) is 23.8. The molecule has 11 heteroatoms. The van der Waals surface area contributed by atoms with Gasteiger partial charge in [0, 0.05) is 23.0 Å². The molecule has 1 saturated heterocycles. The number of benzene rings is 2. The molecule has 34 heavy (non-hydrogen) atoms. The monoisotopic (exact) mass is 473 g/mol. The van der Waals surface area contributed by atoms with E-state index in [-0.39, 0.29) is 33.3 Å². The van der Waals surface area contributed by atoms with E-state index in [0.717, 1.165) is 31.0 Å². The summed E-state index contributed by atoms with van der Waals surface area (Å²) >= 11 is 0. The van der Waals surface area contributed by atoms with Crippen LogP contribution in [-0.2, 0) is 11.1 Å². The summed E-state index contributed by atoms with van der Waals surface area (Å²) in [4.78, 5) is 21.5. The third-order valence-corrected chi connectivity index (χ3v) is 6.47. The number of nitrogens with zero attached hydrogens (tertiary/aromatic N) is 4. The van der Waals surface area contributed by atoms with Crippen LogP contribution in [0.1, 0.15) is 24.4 Å². The van der Waals surface area contributed by atoms with Crippen molar-refractivity contribution in [3.8, 4) is 11.3 Å². The van der Waals surface area contributed by atoms with Crippen LogP contribution in [0.5, 0.6) is 0 Å². The molecule has 6 nitrogen and oxygen atoms in total. The number of rotatable bonds is 4. The van der Waals surface area contributed by atoms with Crippen LogP contribution in [0.2, 0.25) is 0 Å². The Bertz CT molecular complexity index is 1410. The lowest BCUT2D eigenvalue weighted by molar-refractivity contribution is -0.212. The van der Waals surface area contributed by atoms with Gasteiger partial charge in [-0.1, -0.05) is 0 Å². The zero-order valence-corrected chi connectivity index (χ0v) is 17.4. The Labute approximate surface area is 189 Å². The third-order valence-electron chi connectivity index (χ3n) is 6.47. The van der Waals surface area contributed by atoms with Crippen molar-refractivity contribution in [2.45, 2.75) is 25.2 Å². The van der Waals surface area contributed by atoms with E-state index in [1.807, 2.05) is 0 Å². The van der Waals surface area contributed by atoms with E-state index in [0.29, 0.717) is 22.9 Å². The summed E-state index contributed by atoms with van der Waals surface area (Å²) in [5.41, 5.74) is 1.23. The molecule has 1 N–H and O–H groups in total. The Balaban J connectivity index is 1.41. The van der Waals surface area contributed by atoms with Crippen molar-refractivity contribution in [3.05, 3.63) is 66.1 Å². The van der Waals surface area contributed by atoms with Gasteiger partial charge >= 0.3 is 6.30 Å². The quantitative estimate of drug-likeness (QED) is 0.323. The van der Waals surface area contributed by atoms with Crippen molar-refractivity contribution in [2.75, 3.05) is 4.90 Å². The topological polar surface area (TPSA) is 66.8 Å². The molecule has 4 aromatic rings. The van der Waals surface area contributed by atoms with Crippen LogP contribution in [-0.4, -0.2) is 25.7 Å². The Hall–Kier alpha value is -3.76. The van der Waals surface area contributed by atoms with Crippen molar-refractivity contribution in [1.29, 1.82) is 0 Å². The molecule has 3 heterocycles. The lowest BCUT2D eigenvalue weighted by Gasteiger charge is -2.48. The minimum absolute atomic E-state index is 0.0468. The van der Waals surface area contributed by atoms with Gasteiger partial charge in [-0.25, -0.2) is 13.8 Å². The van der Waals surface area contributed by atoms with Gasteiger partial charge in [0.05, 0.1) is 35.0 Å². The number of fused-ring (bicyclic) bond motifs is 1. The first-order chi connectivity index (χ1) is 16.2. The maximum Gasteiger partial charge on any atom is 0.504 e. The lowest BCUT2D eigenvalue weighted by Crippen LogP contribution is -2.56. The van der Waals surface area contributed by atoms with E-state index < -0.39 is 29.9 Å². The second-order valence-electron chi connectivity index (χ2n) is 8.59. The predicted octanol–water partition coefficient (Wildman–Crippen LogP) is 5.30. The third kappa shape index (κ3) is 3.17. The van der Waals surface area contributed by atoms with Crippen LogP contribution < -0.4 is 4.90 Å². The van der Waals surface area contributed by atoms with E-state index in [4.69, 9.17) is 0 Å². The molecule has 2 aromatic heterocycles. The fraction of sp³-hybridized carbons (Fsp3) is 0.261. The average Bonchev–Trinajstić information content (AvgIpc) is 3.26. The highest BCUT2D eigenvalue weighted by molar-refractivity contribution is 6.04. The molecule has 0 radical (unpaired) electrons. The Morgan fingerprint density at radius 3 is 2.41 bits per heavy atom. The maximum atomic E-state index is 15.3. The number of anilines is 1. The van der Waals surface area contributed by atoms with Crippen LogP contribution >= 0.6 is 0 Å². The minimum Gasteiger partial charge on any atom is -0.345 e. The second kappa shape index (κ2) is 7.12. The highest BCUT2D eigenvalue weighted by Crippen LogP contribution is 2.55. The van der Waals surface area contributed by atoms with Crippen LogP contribution in [0.15, 0.2) is 48.9 Å². The zero-order valence-electron chi connectivity index (χ0n) is 17.4. The van der Waals surface area contributed by atoms with Gasteiger partial charge in [-0.05, 0) is 55.2 Å². The number of hydrogen-bond donors (Lipinski definition) is 1. The summed E-state index contributed by atoms with van der Waals surface area (Å²) in [6.07, 6.45) is -0.947. The summed E-state index contributed by atoms with van der Waals surface area (Å²) < 4.78 is 69.0. The van der Waals surface area contributed by atoms with Crippen LogP contribution in [0.25, 0.3) is 22.3 Å². The number of halogens is 5. The van der Waals surface area contributed by atoms with Crippen molar-refractivity contribution in [3.63, 3.8) is 0 Å². The minimum atomic E-state index is -4.74. The van der Waals surface area contributed by atoms with Crippen molar-refractivity contribution >= 4 is 22.6 Å². The normalized spacial score (nSPS) is 20.7. The van der Waals surface area contributed by atoms with Crippen LogP contribution in [0.3, 0.4) is 0 Å². The molecule has 1 saturated carbocycles. The number of H-pyrrole nitrogens is 1. The molecule has 0 bridgehead atoms. The second-order valence-corrected chi connectivity index (χ2v) is 8.59. The number of amides is 1. The Morgan fingerprint density at radius 1 is 1.03 bits per heavy atom. The van der Waals surface area contributed by atoms with Crippen LogP contribution in [0.4, 0.5) is 27.6 Å². The average molecular weight is 473 g/mol. The smallest absolute Gasteiger partial charge is 0.345 e. The number of imidazole rings is 1. The number of β-lactam (4-membered cyclic amide) rings is 1. The molecular formula is C23H16F5N5O. The predicted molar refractivity (Wildman–Crippen MR) is 111 cm³/mol. The van der Waals surface area contributed by atoms with E-state index in [9.17, 15) is 18.0 Å². The van der Waals surface area contributed by atoms with Gasteiger partial charge in [0.2, 0.25) is 5.91 Å². The van der Waals surface area contributed by atoms with E-state index in [1.54, 1.807) is 18.2 Å². The van der Waals surface area contributed by atoms with Gasteiger partial charge in [-0.2, -0.15) is 9.78 Å². The molecule has 2 aromatic carbocycles. The van der Waals surface area contributed by atoms with Gasteiger partial charge < -0.3 is 9.88 Å². The molecule has 1 aliphatic carbocycles. The standard InChI is InChI=1S/C23H16F5N5O/c24-14-7-12(16-5-6-32(31-16)23(26,27)28)8-15(25)20(14)21-19(11-1-2-11)22(34)33(21)13-3-4-17-18(9-13)30-10-29-17/h3-11,19,21H,1-2H2,(H,29,30)/t19-,21-/m1/s1. The number of nitrogens with one attached hydrogen (secondary N) is 1. The summed E-state index contributed by atoms with van der Waals surface area (Å²) in [5.74, 6) is -2.60. The van der Waals surface area contributed by atoms with Crippen LogP contribution in [0, 0.1) is 23.5 Å². The highest BCUT2D eigenvalue weighted by atomic mass is 19.4. The van der Waals surface area contributed by atoms with Gasteiger partial charge in [0.15, 0.2) is 0 Å². The highest BCUT2D eigenvalue weighted by Gasteiger charge is 2.56. The number of carbonyl (C=O) groups excluding carboxylic acids is 1. The first kappa shape index (κ1) is 20.8. The van der Waals surface area contributed by atoms with E-state index in [1.165, 1.54) is 11.2 Å². The number of aromatic amines is 1. The van der Waals surface area contributed by atoms with Crippen molar-refractivity contribution in [2.24, 2.45) is 11.8 Å². The van der Waals surface area contributed by atoms with E-state index in [2.05, 4.69) is 15.1 Å². The van der Waals surface area contributed by atoms with Gasteiger partial charge in [-0.15, -0.1) is 13.2 Å². The molecular weight excluding hydrogens is 457 g/mol. The number of alkyl halides is 3. The molecule has 0 spiro atoms. The fourth-order valence-corrected chi connectivity index (χ4v) is 4.73. The number of hydrogen-bond acceptors (Lipinski definition) is 3. The van der Waals surface area contributed by atoms with Gasteiger partial charge in [0.1, 0.15) is 11.6 Å². The summed E-state index contributed by atoms with van der Waals surface area (Å²) in [5, 5.41) is 3.38. The fourth-order valence-electron chi connectivity index (χ4n) is 4.73. The van der Waals surface area contributed by atoms with Gasteiger partial charge in [0.25, 0.3) is 0 Å². The molecule has 0 unspecified atom stereocenters. The molecule has 2 aliphatic rings. The SMILES string of the molecule is O=C1[C@H](C2CC2)[C@H](c2c(F)cc(-c3ccn(C(F)(F)F)n3)cc2F)N1c1ccc2nc[nH]c2c1. The largest absolute Gasteiger partial charge is 0.504 e. The summed E-state index contributed by atoms with van der Waals surface area (Å²) in [7, 11) is 0. The Kier molecular flexibility index (Phi) is 4.36. The molecule has 1 aliphatic heterocycles. The maximum absolute atomic E-state index is 15.3. The molecule has 2 atom stereocenters. The lowest BCUT2D eigenvalue weighted by atomic mass is 9.78. The number of carbonyl (C=O) groups is 1. The molecule has 174 valence electrons. The van der Waals surface area contributed by atoms with Crippen molar-refractivity contribution < 1.29 is 26.7 Å². The first-order valence-corrected chi connectivity index (χ1v) is 10.6. The van der Waals surface area contributed by atoms with Crippen molar-refractivity contribution in [1.82, 2.24) is 19.7 Å². The molecule has 1 amide bonds. The molecule has 2 fully saturated rings. The van der Waals surface area contributed by atoms with Gasteiger partial charge in [-0.3, -0.25) is 4.79 Å². The number of aromatic nitrogens is 4. The first-order valence-electron chi connectivity index (χ1n) is 10.6. The molecule has 6 rings (SSSR count).